The van der Waals surface area contributed by atoms with E-state index in [1.54, 1.807) is 0 Å². The third-order valence-corrected chi connectivity index (χ3v) is 1.12. The summed E-state index contributed by atoms with van der Waals surface area (Å²) in [5.41, 5.74) is 7.62. The summed E-state index contributed by atoms with van der Waals surface area (Å²) < 4.78 is 4.37. The first-order chi connectivity index (χ1) is 5.06. The Bertz CT molecular complexity index is 166. The average molecular weight is 383 g/mol. The SMILES string of the molecule is COC(=O)/C=C(\[NH-])CC(C)C.[Ac]. The molecule has 1 N–H and O–H groups in total. The van der Waals surface area contributed by atoms with Crippen LogP contribution in [0.3, 0.4) is 0 Å². The van der Waals surface area contributed by atoms with Gasteiger partial charge in [0.05, 0.1) is 7.11 Å². The van der Waals surface area contributed by atoms with E-state index in [1.165, 1.54) is 13.2 Å². The molecule has 67 valence electrons. The van der Waals surface area contributed by atoms with Crippen LogP contribution in [-0.2, 0) is 9.53 Å². The van der Waals surface area contributed by atoms with Gasteiger partial charge in [0, 0.05) is 50.1 Å². The van der Waals surface area contributed by atoms with Crippen molar-refractivity contribution in [2.45, 2.75) is 20.3 Å². The van der Waals surface area contributed by atoms with E-state index in [0.29, 0.717) is 18.0 Å². The van der Waals surface area contributed by atoms with E-state index < -0.39 is 5.97 Å². The largest absolute Gasteiger partial charge is 0.702 e. The van der Waals surface area contributed by atoms with Crippen molar-refractivity contribution in [1.29, 1.82) is 0 Å². The van der Waals surface area contributed by atoms with Crippen LogP contribution in [0.25, 0.3) is 5.73 Å². The summed E-state index contributed by atoms with van der Waals surface area (Å²) in [6.07, 6.45) is 1.83. The Labute approximate surface area is 109 Å². The summed E-state index contributed by atoms with van der Waals surface area (Å²) in [6, 6.07) is 0. The number of esters is 1. The van der Waals surface area contributed by atoms with Crippen LogP contribution < -0.4 is 0 Å². The van der Waals surface area contributed by atoms with Crippen LogP contribution >= 0.6 is 0 Å². The summed E-state index contributed by atoms with van der Waals surface area (Å²) >= 11 is 0. The van der Waals surface area contributed by atoms with Gasteiger partial charge in [0.25, 0.3) is 0 Å². The van der Waals surface area contributed by atoms with Crippen molar-refractivity contribution in [2.75, 3.05) is 7.11 Å². The van der Waals surface area contributed by atoms with Crippen molar-refractivity contribution in [1.82, 2.24) is 0 Å². The predicted octanol–water partition coefficient (Wildman–Crippen LogP) is 2.14. The molecule has 0 aliphatic rings. The first-order valence-electron chi connectivity index (χ1n) is 3.56. The number of allylic oxidation sites excluding steroid dienone is 1. The second-order valence-electron chi connectivity index (χ2n) is 2.79. The maximum absolute atomic E-state index is 10.6. The van der Waals surface area contributed by atoms with Crippen molar-refractivity contribution >= 4 is 5.97 Å². The molecule has 3 nitrogen and oxygen atoms in total. The van der Waals surface area contributed by atoms with E-state index in [0.717, 1.165) is 0 Å². The molecule has 0 spiro atoms. The van der Waals surface area contributed by atoms with E-state index in [1.807, 2.05) is 13.8 Å². The Hall–Kier alpha value is 0.452. The van der Waals surface area contributed by atoms with Gasteiger partial charge in [-0.05, 0) is 12.3 Å². The first kappa shape index (κ1) is 14.9. The van der Waals surface area contributed by atoms with Crippen molar-refractivity contribution in [2.24, 2.45) is 5.92 Å². The van der Waals surface area contributed by atoms with Gasteiger partial charge in [-0.25, -0.2) is 4.79 Å². The fraction of sp³-hybridized carbons (Fsp3) is 0.625. The quantitative estimate of drug-likeness (QED) is 0.554. The molecular formula is C8H14AcNO2-. The standard InChI is InChI=1S/C8H15NO2.Ac/c1-6(2)4-7(9)5-8(10)11-3;/h5-6H,4H2,1-3H3,(H2,9,10);/p-1. The summed E-state index contributed by atoms with van der Waals surface area (Å²) in [7, 11) is 1.31. The monoisotopic (exact) mass is 383 g/mol. The molecule has 0 atom stereocenters. The number of ether oxygens (including phenoxy) is 1. The normalized spacial score (nSPS) is 10.8. The smallest absolute Gasteiger partial charge is 0.328 e. The number of rotatable bonds is 3. The maximum atomic E-state index is 10.6. The Balaban J connectivity index is 0. The fourth-order valence-corrected chi connectivity index (χ4v) is 0.700. The third kappa shape index (κ3) is 8.55. The molecule has 0 unspecified atom stereocenters. The van der Waals surface area contributed by atoms with Gasteiger partial charge in [-0.2, -0.15) is 5.70 Å². The second-order valence-corrected chi connectivity index (χ2v) is 2.79. The molecule has 0 aromatic rings. The topological polar surface area (TPSA) is 50.1 Å². The summed E-state index contributed by atoms with van der Waals surface area (Å²) in [5.74, 6) is -0.0425. The molecule has 0 saturated carbocycles. The molecule has 0 aliphatic heterocycles. The molecular weight excluding hydrogens is 369 g/mol. The van der Waals surface area contributed by atoms with Crippen molar-refractivity contribution in [3.8, 4) is 0 Å². The molecule has 0 aromatic carbocycles. The predicted molar refractivity (Wildman–Crippen MR) is 43.9 cm³/mol. The molecule has 4 heteroatoms. The Kier molecular flexibility index (Phi) is 10.1. The number of carbonyl (C=O) groups is 1. The molecule has 0 aliphatic carbocycles. The van der Waals surface area contributed by atoms with Gasteiger partial charge in [-0.1, -0.05) is 13.8 Å². The van der Waals surface area contributed by atoms with E-state index in [4.69, 9.17) is 5.73 Å². The third-order valence-electron chi connectivity index (χ3n) is 1.12. The number of hydrogen-bond donors (Lipinski definition) is 0. The molecule has 0 aromatic heterocycles. The van der Waals surface area contributed by atoms with Gasteiger partial charge in [-0.3, -0.25) is 0 Å². The van der Waals surface area contributed by atoms with Crippen LogP contribution in [0, 0.1) is 50.0 Å². The van der Waals surface area contributed by atoms with Crippen LogP contribution in [0.1, 0.15) is 20.3 Å². The number of hydrogen-bond acceptors (Lipinski definition) is 2. The molecule has 0 amide bonds. The van der Waals surface area contributed by atoms with Gasteiger partial charge < -0.3 is 10.5 Å². The summed E-state index contributed by atoms with van der Waals surface area (Å²) in [6.45, 7) is 4.00. The molecule has 0 fully saturated rings. The minimum absolute atomic E-state index is 0. The van der Waals surface area contributed by atoms with Crippen molar-refractivity contribution in [3.63, 3.8) is 0 Å². The minimum atomic E-state index is -0.448. The molecule has 1 radical (unpaired) electrons. The zero-order valence-corrected chi connectivity index (χ0v) is 12.5. The number of methoxy groups -OCH3 is 1. The van der Waals surface area contributed by atoms with Gasteiger partial charge in [0.1, 0.15) is 0 Å². The second kappa shape index (κ2) is 8.07. The van der Waals surface area contributed by atoms with E-state index in [9.17, 15) is 4.79 Å². The van der Waals surface area contributed by atoms with Crippen LogP contribution in [0.4, 0.5) is 0 Å². The maximum Gasteiger partial charge on any atom is 0.328 e. The van der Waals surface area contributed by atoms with Crippen LogP contribution in [0.15, 0.2) is 11.8 Å². The minimum Gasteiger partial charge on any atom is -0.702 e. The number of nitrogens with one attached hydrogen (secondary N) is 1. The van der Waals surface area contributed by atoms with E-state index >= 15 is 0 Å². The fourth-order valence-electron chi connectivity index (χ4n) is 0.700. The Morgan fingerprint density at radius 1 is 1.58 bits per heavy atom. The molecule has 12 heavy (non-hydrogen) atoms. The van der Waals surface area contributed by atoms with Gasteiger partial charge >= 0.3 is 5.97 Å². The van der Waals surface area contributed by atoms with Crippen LogP contribution in [0.5, 0.6) is 0 Å². The summed E-state index contributed by atoms with van der Waals surface area (Å²) in [4.78, 5) is 10.6. The van der Waals surface area contributed by atoms with E-state index in [-0.39, 0.29) is 44.1 Å². The Morgan fingerprint density at radius 3 is 2.42 bits per heavy atom. The van der Waals surface area contributed by atoms with Crippen LogP contribution in [-0.4, -0.2) is 13.1 Å². The molecule has 0 saturated heterocycles. The van der Waals surface area contributed by atoms with Gasteiger partial charge in [0.2, 0.25) is 0 Å². The average Bonchev–Trinajstić information content (AvgIpc) is 1.85. The van der Waals surface area contributed by atoms with E-state index in [2.05, 4.69) is 4.74 Å². The summed E-state index contributed by atoms with van der Waals surface area (Å²) in [5, 5.41) is 0. The van der Waals surface area contributed by atoms with Gasteiger partial charge in [0.15, 0.2) is 0 Å². The first-order valence-corrected chi connectivity index (χ1v) is 3.56. The zero-order valence-electron chi connectivity index (χ0n) is 7.76. The van der Waals surface area contributed by atoms with Crippen molar-refractivity contribution in [3.05, 3.63) is 17.5 Å². The molecule has 0 rings (SSSR count). The molecule has 0 heterocycles. The van der Waals surface area contributed by atoms with Gasteiger partial charge in [-0.15, -0.1) is 0 Å². The van der Waals surface area contributed by atoms with Crippen molar-refractivity contribution < 1.29 is 53.6 Å². The number of carbonyl (C=O) groups excluding carboxylic acids is 1. The zero-order chi connectivity index (χ0) is 8.85. The molecule has 0 bridgehead atoms. The Morgan fingerprint density at radius 2 is 2.08 bits per heavy atom. The van der Waals surface area contributed by atoms with Crippen LogP contribution in [0.2, 0.25) is 0 Å².